The molecule has 0 bridgehead atoms. The fourth-order valence-electron chi connectivity index (χ4n) is 1.94. The molecule has 0 unspecified atom stereocenters. The molecule has 1 atom stereocenters. The van der Waals surface area contributed by atoms with Gasteiger partial charge in [0.15, 0.2) is 0 Å². The molecule has 4 nitrogen and oxygen atoms in total. The van der Waals surface area contributed by atoms with Crippen LogP contribution in [-0.4, -0.2) is 43.2 Å². The summed E-state index contributed by atoms with van der Waals surface area (Å²) in [6, 6.07) is 5.67. The van der Waals surface area contributed by atoms with Gasteiger partial charge >= 0.3 is 0 Å². The fourth-order valence-corrected chi connectivity index (χ4v) is 1.94. The van der Waals surface area contributed by atoms with Crippen LogP contribution < -0.4 is 5.32 Å². The Kier molecular flexibility index (Phi) is 4.28. The maximum absolute atomic E-state index is 13.0. The van der Waals surface area contributed by atoms with Crippen molar-refractivity contribution in [2.24, 2.45) is 0 Å². The van der Waals surface area contributed by atoms with E-state index in [2.05, 4.69) is 10.2 Å². The van der Waals surface area contributed by atoms with Crippen LogP contribution in [0.25, 0.3) is 0 Å². The first-order valence-electron chi connectivity index (χ1n) is 6.05. The molecule has 5 heteroatoms. The highest BCUT2D eigenvalue weighted by Crippen LogP contribution is 2.11. The number of rotatable bonds is 3. The highest BCUT2D eigenvalue weighted by molar-refractivity contribution is 5.94. The van der Waals surface area contributed by atoms with Gasteiger partial charge in [0.1, 0.15) is 5.82 Å². The van der Waals surface area contributed by atoms with Gasteiger partial charge < -0.3 is 10.1 Å². The molecule has 0 radical (unpaired) electrons. The number of hydrogen-bond donors (Lipinski definition) is 1. The quantitative estimate of drug-likeness (QED) is 0.886. The van der Waals surface area contributed by atoms with E-state index >= 15 is 0 Å². The van der Waals surface area contributed by atoms with E-state index in [0.717, 1.165) is 13.1 Å². The summed E-state index contributed by atoms with van der Waals surface area (Å²) >= 11 is 0. The third-order valence-electron chi connectivity index (χ3n) is 3.06. The summed E-state index contributed by atoms with van der Waals surface area (Å²) in [6.07, 6.45) is 0. The van der Waals surface area contributed by atoms with Crippen molar-refractivity contribution in [1.29, 1.82) is 0 Å². The van der Waals surface area contributed by atoms with Gasteiger partial charge in [-0.25, -0.2) is 4.39 Å². The van der Waals surface area contributed by atoms with Crippen LogP contribution in [0.4, 0.5) is 10.1 Å². The Hall–Kier alpha value is -1.46. The minimum absolute atomic E-state index is 0.123. The Morgan fingerprint density at radius 2 is 2.17 bits per heavy atom. The normalized spacial score (nSPS) is 18.3. The van der Waals surface area contributed by atoms with E-state index in [1.54, 1.807) is 12.1 Å². The van der Waals surface area contributed by atoms with Crippen molar-refractivity contribution < 1.29 is 13.9 Å². The summed E-state index contributed by atoms with van der Waals surface area (Å²) in [5.41, 5.74) is 0.486. The maximum Gasteiger partial charge on any atom is 0.241 e. The van der Waals surface area contributed by atoms with Crippen molar-refractivity contribution in [3.63, 3.8) is 0 Å². The van der Waals surface area contributed by atoms with E-state index in [-0.39, 0.29) is 17.8 Å². The van der Waals surface area contributed by atoms with Crippen molar-refractivity contribution in [3.05, 3.63) is 30.1 Å². The average Bonchev–Trinajstić information content (AvgIpc) is 2.39. The highest BCUT2D eigenvalue weighted by Gasteiger charge is 2.23. The summed E-state index contributed by atoms with van der Waals surface area (Å²) in [6.45, 7) is 4.64. The molecular weight excluding hydrogens is 235 g/mol. The highest BCUT2D eigenvalue weighted by atomic mass is 19.1. The lowest BCUT2D eigenvalue weighted by Gasteiger charge is -2.31. The van der Waals surface area contributed by atoms with Crippen LogP contribution in [0.5, 0.6) is 0 Å². The monoisotopic (exact) mass is 252 g/mol. The number of carbonyl (C=O) groups is 1. The van der Waals surface area contributed by atoms with Gasteiger partial charge in [-0.2, -0.15) is 0 Å². The Bertz CT molecular complexity index is 419. The third-order valence-corrected chi connectivity index (χ3v) is 3.06. The molecular formula is C13H17FN2O2. The number of nitrogens with one attached hydrogen (secondary N) is 1. The van der Waals surface area contributed by atoms with Gasteiger partial charge in [0, 0.05) is 18.8 Å². The zero-order valence-corrected chi connectivity index (χ0v) is 10.4. The lowest BCUT2D eigenvalue weighted by molar-refractivity contribution is -0.122. The van der Waals surface area contributed by atoms with Crippen LogP contribution in [0.15, 0.2) is 24.3 Å². The summed E-state index contributed by atoms with van der Waals surface area (Å²) in [4.78, 5) is 14.1. The number of hydrogen-bond acceptors (Lipinski definition) is 3. The molecule has 1 amide bonds. The van der Waals surface area contributed by atoms with E-state index in [1.165, 1.54) is 12.1 Å². The zero-order chi connectivity index (χ0) is 13.0. The molecule has 1 saturated heterocycles. The van der Waals surface area contributed by atoms with Crippen LogP contribution in [0.2, 0.25) is 0 Å². The molecule has 1 aromatic carbocycles. The predicted octanol–water partition coefficient (Wildman–Crippen LogP) is 1.48. The van der Waals surface area contributed by atoms with Crippen molar-refractivity contribution >= 4 is 11.6 Å². The van der Waals surface area contributed by atoms with Crippen molar-refractivity contribution in [2.45, 2.75) is 13.0 Å². The van der Waals surface area contributed by atoms with E-state index in [1.807, 2.05) is 6.92 Å². The predicted molar refractivity (Wildman–Crippen MR) is 66.9 cm³/mol. The van der Waals surface area contributed by atoms with Gasteiger partial charge in [-0.1, -0.05) is 6.07 Å². The Balaban J connectivity index is 1.94. The molecule has 1 aromatic rings. The number of anilines is 1. The second-order valence-electron chi connectivity index (χ2n) is 4.32. The van der Waals surface area contributed by atoms with Crippen LogP contribution >= 0.6 is 0 Å². The number of benzene rings is 1. The van der Waals surface area contributed by atoms with Crippen LogP contribution in [0.1, 0.15) is 6.92 Å². The molecule has 0 aliphatic carbocycles. The van der Waals surface area contributed by atoms with Crippen LogP contribution in [0, 0.1) is 5.82 Å². The zero-order valence-electron chi connectivity index (χ0n) is 10.4. The van der Waals surface area contributed by atoms with E-state index in [0.29, 0.717) is 18.9 Å². The summed E-state index contributed by atoms with van der Waals surface area (Å²) < 4.78 is 18.2. The number of ether oxygens (including phenoxy) is 1. The smallest absolute Gasteiger partial charge is 0.241 e. The SMILES string of the molecule is C[C@@H](C(=O)Nc1cccc(F)c1)N1CCOCC1. The minimum Gasteiger partial charge on any atom is -0.379 e. The number of amides is 1. The molecule has 1 aliphatic heterocycles. The molecule has 1 aliphatic rings. The number of halogens is 1. The van der Waals surface area contributed by atoms with Gasteiger partial charge in [0.25, 0.3) is 0 Å². The molecule has 1 N–H and O–H groups in total. The molecule has 0 aromatic heterocycles. The Morgan fingerprint density at radius 1 is 1.44 bits per heavy atom. The minimum atomic E-state index is -0.355. The second-order valence-corrected chi connectivity index (χ2v) is 4.32. The number of carbonyl (C=O) groups excluding carboxylic acids is 1. The van der Waals surface area contributed by atoms with Gasteiger partial charge in [0.2, 0.25) is 5.91 Å². The van der Waals surface area contributed by atoms with Gasteiger partial charge in [-0.15, -0.1) is 0 Å². The molecule has 0 saturated carbocycles. The van der Waals surface area contributed by atoms with Crippen molar-refractivity contribution in [2.75, 3.05) is 31.6 Å². The van der Waals surface area contributed by atoms with Crippen molar-refractivity contribution in [1.82, 2.24) is 4.90 Å². The lowest BCUT2D eigenvalue weighted by Crippen LogP contribution is -2.47. The lowest BCUT2D eigenvalue weighted by atomic mass is 10.2. The topological polar surface area (TPSA) is 41.6 Å². The van der Waals surface area contributed by atoms with E-state index in [4.69, 9.17) is 4.74 Å². The largest absolute Gasteiger partial charge is 0.379 e. The molecule has 18 heavy (non-hydrogen) atoms. The first kappa shape index (κ1) is 13.0. The average molecular weight is 252 g/mol. The Morgan fingerprint density at radius 3 is 2.83 bits per heavy atom. The van der Waals surface area contributed by atoms with Gasteiger partial charge in [-0.05, 0) is 25.1 Å². The Labute approximate surface area is 106 Å². The molecule has 0 spiro atoms. The maximum atomic E-state index is 13.0. The third kappa shape index (κ3) is 3.27. The second kappa shape index (κ2) is 5.93. The standard InChI is InChI=1S/C13H17FN2O2/c1-10(16-5-7-18-8-6-16)13(17)15-12-4-2-3-11(14)9-12/h2-4,9-10H,5-8H2,1H3,(H,15,17)/t10-/m0/s1. The molecule has 98 valence electrons. The first-order valence-corrected chi connectivity index (χ1v) is 6.05. The molecule has 1 fully saturated rings. The number of nitrogens with zero attached hydrogens (tertiary/aromatic N) is 1. The summed E-state index contributed by atoms with van der Waals surface area (Å²) in [5.74, 6) is -0.477. The summed E-state index contributed by atoms with van der Waals surface area (Å²) in [7, 11) is 0. The first-order chi connectivity index (χ1) is 8.66. The summed E-state index contributed by atoms with van der Waals surface area (Å²) in [5, 5.41) is 2.72. The van der Waals surface area contributed by atoms with E-state index < -0.39 is 0 Å². The van der Waals surface area contributed by atoms with E-state index in [9.17, 15) is 9.18 Å². The van der Waals surface area contributed by atoms with Crippen LogP contribution in [0.3, 0.4) is 0 Å². The van der Waals surface area contributed by atoms with Crippen LogP contribution in [-0.2, 0) is 9.53 Å². The molecule has 2 rings (SSSR count). The van der Waals surface area contributed by atoms with Crippen molar-refractivity contribution in [3.8, 4) is 0 Å². The molecule has 1 heterocycles. The van der Waals surface area contributed by atoms with Gasteiger partial charge in [0.05, 0.1) is 19.3 Å². The van der Waals surface area contributed by atoms with Gasteiger partial charge in [-0.3, -0.25) is 9.69 Å². The fraction of sp³-hybridized carbons (Fsp3) is 0.462. The number of morpholine rings is 1.